The van der Waals surface area contributed by atoms with Crippen LogP contribution in [0.1, 0.15) is 33.6 Å². The van der Waals surface area contributed by atoms with E-state index in [0.717, 1.165) is 29.7 Å². The third kappa shape index (κ3) is 2.09. The number of thioether (sulfide) groups is 1. The van der Waals surface area contributed by atoms with Gasteiger partial charge < -0.3 is 0 Å². The first kappa shape index (κ1) is 13.6. The zero-order chi connectivity index (χ0) is 13.5. The van der Waals surface area contributed by atoms with Crippen LogP contribution in [0.3, 0.4) is 0 Å². The van der Waals surface area contributed by atoms with Gasteiger partial charge in [-0.2, -0.15) is 0 Å². The molecule has 2 rings (SSSR count). The van der Waals surface area contributed by atoms with Gasteiger partial charge in [-0.3, -0.25) is 9.59 Å². The summed E-state index contributed by atoms with van der Waals surface area (Å²) in [4.78, 5) is 23.4. The number of fused-ring (bicyclic) bond motifs is 1. The van der Waals surface area contributed by atoms with Crippen LogP contribution >= 0.6 is 11.8 Å². The molecule has 2 unspecified atom stereocenters. The number of allylic oxidation sites excluding steroid dienone is 3. The van der Waals surface area contributed by atoms with Crippen molar-refractivity contribution < 1.29 is 9.59 Å². The van der Waals surface area contributed by atoms with Gasteiger partial charge in [-0.15, -0.1) is 0 Å². The van der Waals surface area contributed by atoms with Gasteiger partial charge in [0.2, 0.25) is 0 Å². The number of rotatable bonds is 2. The fourth-order valence-corrected chi connectivity index (χ4v) is 4.13. The predicted molar refractivity (Wildman–Crippen MR) is 75.4 cm³/mol. The van der Waals surface area contributed by atoms with Crippen LogP contribution in [0.25, 0.3) is 0 Å². The molecule has 0 aromatic heterocycles. The van der Waals surface area contributed by atoms with Crippen molar-refractivity contribution in [3.05, 3.63) is 23.8 Å². The second kappa shape index (κ2) is 4.69. The highest BCUT2D eigenvalue weighted by Gasteiger charge is 2.51. The van der Waals surface area contributed by atoms with Crippen molar-refractivity contribution in [2.45, 2.75) is 33.6 Å². The van der Waals surface area contributed by atoms with Crippen LogP contribution in [0.4, 0.5) is 0 Å². The molecule has 2 nitrogen and oxygen atoms in total. The first-order valence-electron chi connectivity index (χ1n) is 6.39. The van der Waals surface area contributed by atoms with Gasteiger partial charge in [0, 0.05) is 24.0 Å². The molecule has 0 aliphatic heterocycles. The van der Waals surface area contributed by atoms with Crippen molar-refractivity contribution in [3.63, 3.8) is 0 Å². The Kier molecular flexibility index (Phi) is 3.54. The van der Waals surface area contributed by atoms with Crippen LogP contribution in [-0.4, -0.2) is 16.7 Å². The Hall–Kier alpha value is -0.830. The van der Waals surface area contributed by atoms with E-state index in [1.54, 1.807) is 6.92 Å². The maximum atomic E-state index is 12.2. The topological polar surface area (TPSA) is 34.1 Å². The summed E-state index contributed by atoms with van der Waals surface area (Å²) in [6, 6.07) is 0. The third-order valence-corrected chi connectivity index (χ3v) is 5.71. The molecule has 0 heterocycles. The largest absolute Gasteiger partial charge is 0.294 e. The first-order chi connectivity index (χ1) is 8.36. The predicted octanol–water partition coefficient (Wildman–Crippen LogP) is 3.38. The Morgan fingerprint density at radius 1 is 1.61 bits per heavy atom. The van der Waals surface area contributed by atoms with Crippen LogP contribution in [0, 0.1) is 17.3 Å². The maximum Gasteiger partial charge on any atom is 0.185 e. The maximum absolute atomic E-state index is 12.2. The van der Waals surface area contributed by atoms with Crippen molar-refractivity contribution in [3.8, 4) is 0 Å². The van der Waals surface area contributed by atoms with Gasteiger partial charge in [-0.05, 0) is 31.3 Å². The molecule has 3 atom stereocenters. The van der Waals surface area contributed by atoms with Crippen LogP contribution in [0.5, 0.6) is 0 Å². The van der Waals surface area contributed by atoms with Gasteiger partial charge in [0.1, 0.15) is 0 Å². The van der Waals surface area contributed by atoms with Crippen molar-refractivity contribution in [2.75, 3.05) is 5.75 Å². The van der Waals surface area contributed by atoms with Gasteiger partial charge in [-0.1, -0.05) is 36.9 Å². The Morgan fingerprint density at radius 2 is 2.28 bits per heavy atom. The van der Waals surface area contributed by atoms with Crippen molar-refractivity contribution in [1.29, 1.82) is 0 Å². The van der Waals surface area contributed by atoms with E-state index < -0.39 is 0 Å². The number of hydrogen-bond donors (Lipinski definition) is 0. The number of carbonyl (C=O) groups excluding carboxylic acids is 2. The first-order valence-corrected chi connectivity index (χ1v) is 7.37. The summed E-state index contributed by atoms with van der Waals surface area (Å²) in [6.45, 7) is 9.83. The van der Waals surface area contributed by atoms with Crippen molar-refractivity contribution >= 4 is 22.7 Å². The van der Waals surface area contributed by atoms with Gasteiger partial charge >= 0.3 is 0 Å². The van der Waals surface area contributed by atoms with E-state index in [1.165, 1.54) is 11.8 Å². The quantitative estimate of drug-likeness (QED) is 0.717. The fraction of sp³-hybridized carbons (Fsp3) is 0.600. The summed E-state index contributed by atoms with van der Waals surface area (Å²) < 4.78 is 0. The highest BCUT2D eigenvalue weighted by atomic mass is 32.2. The molecule has 18 heavy (non-hydrogen) atoms. The van der Waals surface area contributed by atoms with Gasteiger partial charge in [0.25, 0.3) is 0 Å². The lowest BCUT2D eigenvalue weighted by molar-refractivity contribution is -0.121. The minimum atomic E-state index is -0.0755. The zero-order valence-corrected chi connectivity index (χ0v) is 12.1. The number of Topliss-reactive ketones (excluding diaryl/α,β-unsaturated/α-hetero) is 1. The Morgan fingerprint density at radius 3 is 2.89 bits per heavy atom. The summed E-state index contributed by atoms with van der Waals surface area (Å²) in [6.07, 6.45) is 3.79. The highest BCUT2D eigenvalue weighted by Crippen LogP contribution is 2.55. The normalized spacial score (nSPS) is 35.4. The summed E-state index contributed by atoms with van der Waals surface area (Å²) in [5, 5.41) is 0.140. The molecule has 3 heteroatoms. The number of carbonyl (C=O) groups is 2. The lowest BCUT2D eigenvalue weighted by Crippen LogP contribution is -2.34. The van der Waals surface area contributed by atoms with Gasteiger partial charge in [0.05, 0.1) is 0 Å². The van der Waals surface area contributed by atoms with E-state index in [0.29, 0.717) is 5.92 Å². The molecule has 0 amide bonds. The molecule has 98 valence electrons. The Labute approximate surface area is 113 Å². The molecule has 0 saturated heterocycles. The smallest absolute Gasteiger partial charge is 0.185 e. The van der Waals surface area contributed by atoms with Crippen LogP contribution in [0.2, 0.25) is 0 Å². The zero-order valence-electron chi connectivity index (χ0n) is 11.3. The van der Waals surface area contributed by atoms with Crippen LogP contribution in [-0.2, 0) is 9.59 Å². The second-order valence-electron chi connectivity index (χ2n) is 5.71. The van der Waals surface area contributed by atoms with E-state index in [9.17, 15) is 9.59 Å². The molecule has 2 aliphatic carbocycles. The third-order valence-electron chi connectivity index (χ3n) is 4.56. The molecule has 2 aliphatic rings. The standard InChI is InChI=1S/C15H20O2S/c1-9-5-6-13-12(14(9)17)7-10(2)15(13,4)8-18-11(3)16/h5,12-13H,2,6-8H2,1,3-4H3/t12?,13-,15?/m1/s1. The summed E-state index contributed by atoms with van der Waals surface area (Å²) >= 11 is 1.36. The van der Waals surface area contributed by atoms with E-state index in [2.05, 4.69) is 19.6 Å². The minimum Gasteiger partial charge on any atom is -0.294 e. The molecule has 0 N–H and O–H groups in total. The molecule has 0 aromatic rings. The molecule has 0 bridgehead atoms. The molecular formula is C15H20O2S. The van der Waals surface area contributed by atoms with Crippen LogP contribution in [0.15, 0.2) is 23.8 Å². The van der Waals surface area contributed by atoms with E-state index in [-0.39, 0.29) is 22.2 Å². The molecule has 1 saturated carbocycles. The summed E-state index contributed by atoms with van der Waals surface area (Å²) in [5.74, 6) is 1.46. The average molecular weight is 264 g/mol. The number of ketones is 1. The molecule has 1 fully saturated rings. The summed E-state index contributed by atoms with van der Waals surface area (Å²) in [5.41, 5.74) is 1.96. The monoisotopic (exact) mass is 264 g/mol. The fourth-order valence-electron chi connectivity index (χ4n) is 3.20. The van der Waals surface area contributed by atoms with Gasteiger partial charge in [-0.25, -0.2) is 0 Å². The molecule has 0 aromatic carbocycles. The van der Waals surface area contributed by atoms with E-state index in [4.69, 9.17) is 0 Å². The second-order valence-corrected chi connectivity index (χ2v) is 6.86. The number of hydrogen-bond acceptors (Lipinski definition) is 3. The Bertz CT molecular complexity index is 449. The Balaban J connectivity index is 2.25. The van der Waals surface area contributed by atoms with Crippen molar-refractivity contribution in [1.82, 2.24) is 0 Å². The average Bonchev–Trinajstić information content (AvgIpc) is 2.56. The lowest BCUT2D eigenvalue weighted by Gasteiger charge is -2.35. The molecule has 0 radical (unpaired) electrons. The molecular weight excluding hydrogens is 244 g/mol. The van der Waals surface area contributed by atoms with Crippen LogP contribution < -0.4 is 0 Å². The lowest BCUT2D eigenvalue weighted by atomic mass is 9.71. The SMILES string of the molecule is C=C1CC2C(=O)C(C)=CC[C@H]2C1(C)CSC(C)=O. The summed E-state index contributed by atoms with van der Waals surface area (Å²) in [7, 11) is 0. The molecule has 0 spiro atoms. The van der Waals surface area contributed by atoms with E-state index >= 15 is 0 Å². The minimum absolute atomic E-state index is 0.0755. The van der Waals surface area contributed by atoms with Gasteiger partial charge in [0.15, 0.2) is 10.9 Å². The van der Waals surface area contributed by atoms with E-state index in [1.807, 2.05) is 6.92 Å². The van der Waals surface area contributed by atoms with Crippen molar-refractivity contribution in [2.24, 2.45) is 17.3 Å². The highest BCUT2D eigenvalue weighted by molar-refractivity contribution is 8.13.